The first-order chi connectivity index (χ1) is 6.11. The molecule has 0 fully saturated rings. The average molecular weight is 177 g/mol. The fourth-order valence-electron chi connectivity index (χ4n) is 1.44. The molecule has 1 aliphatic carbocycles. The van der Waals surface area contributed by atoms with Gasteiger partial charge in [-0.05, 0) is 19.3 Å². The van der Waals surface area contributed by atoms with Crippen LogP contribution in [-0.2, 0) is 0 Å². The molecule has 0 aromatic carbocycles. The summed E-state index contributed by atoms with van der Waals surface area (Å²) >= 11 is 0. The van der Waals surface area contributed by atoms with Crippen LogP contribution in [0.2, 0.25) is 0 Å². The van der Waals surface area contributed by atoms with Gasteiger partial charge in [0, 0.05) is 24.0 Å². The predicted octanol–water partition coefficient (Wildman–Crippen LogP) is 2.33. The lowest BCUT2D eigenvalue weighted by molar-refractivity contribution is 0.557. The molecule has 0 amide bonds. The topological polar surface area (TPSA) is 26.0 Å². The van der Waals surface area contributed by atoms with Gasteiger partial charge in [0.15, 0.2) is 0 Å². The fourth-order valence-corrected chi connectivity index (χ4v) is 1.44. The van der Waals surface area contributed by atoms with Gasteiger partial charge in [0.05, 0.1) is 0 Å². The van der Waals surface area contributed by atoms with Crippen LogP contribution >= 0.6 is 0 Å². The summed E-state index contributed by atoms with van der Waals surface area (Å²) in [6.07, 6.45) is 4.49. The summed E-state index contributed by atoms with van der Waals surface area (Å²) in [6.45, 7) is 6.44. The van der Waals surface area contributed by atoms with Crippen molar-refractivity contribution in [3.05, 3.63) is 11.6 Å². The molecule has 0 saturated carbocycles. The first-order valence-electron chi connectivity index (χ1n) is 5.07. The summed E-state index contributed by atoms with van der Waals surface area (Å²) in [5.74, 6) is 7.45. The monoisotopic (exact) mass is 177 g/mol. The number of rotatable bonds is 2. The maximum atomic E-state index is 5.85. The van der Waals surface area contributed by atoms with Crippen molar-refractivity contribution >= 4 is 0 Å². The van der Waals surface area contributed by atoms with E-state index in [9.17, 15) is 0 Å². The van der Waals surface area contributed by atoms with Crippen molar-refractivity contribution in [1.82, 2.24) is 0 Å². The molecule has 72 valence electrons. The zero-order chi connectivity index (χ0) is 9.84. The smallest absolute Gasteiger partial charge is 0.00978 e. The second kappa shape index (κ2) is 4.48. The fraction of sp³-hybridized carbons (Fsp3) is 0.667. The minimum absolute atomic E-state index is 0.200. The molecule has 0 bridgehead atoms. The molecular weight excluding hydrogens is 158 g/mol. The predicted molar refractivity (Wildman–Crippen MR) is 57.1 cm³/mol. The van der Waals surface area contributed by atoms with Crippen LogP contribution in [0.3, 0.4) is 0 Å². The van der Waals surface area contributed by atoms with Crippen LogP contribution in [0, 0.1) is 23.7 Å². The molecule has 1 rings (SSSR count). The Morgan fingerprint density at radius 3 is 2.85 bits per heavy atom. The Kier molecular flexibility index (Phi) is 3.57. The molecule has 1 nitrogen and oxygen atoms in total. The molecule has 1 aliphatic rings. The summed E-state index contributed by atoms with van der Waals surface area (Å²) < 4.78 is 0. The second-order valence-corrected chi connectivity index (χ2v) is 4.09. The van der Waals surface area contributed by atoms with E-state index in [-0.39, 0.29) is 6.04 Å². The molecular formula is C12H19N. The van der Waals surface area contributed by atoms with Crippen molar-refractivity contribution in [3.63, 3.8) is 0 Å². The van der Waals surface area contributed by atoms with E-state index in [2.05, 4.69) is 31.8 Å². The van der Waals surface area contributed by atoms with Crippen molar-refractivity contribution in [2.45, 2.75) is 39.7 Å². The molecule has 0 radical (unpaired) electrons. The van der Waals surface area contributed by atoms with Gasteiger partial charge < -0.3 is 5.73 Å². The lowest BCUT2D eigenvalue weighted by Crippen LogP contribution is -2.25. The normalized spacial score (nSPS) is 26.5. The van der Waals surface area contributed by atoms with E-state index >= 15 is 0 Å². The number of hydrogen-bond donors (Lipinski definition) is 1. The number of nitrogens with two attached hydrogens (primary N) is 1. The largest absolute Gasteiger partial charge is 0.327 e. The second-order valence-electron chi connectivity index (χ2n) is 4.09. The highest BCUT2D eigenvalue weighted by Crippen LogP contribution is 2.19. The molecule has 1 heteroatoms. The van der Waals surface area contributed by atoms with Crippen molar-refractivity contribution in [2.24, 2.45) is 17.6 Å². The van der Waals surface area contributed by atoms with Crippen molar-refractivity contribution in [2.75, 3.05) is 0 Å². The van der Waals surface area contributed by atoms with Gasteiger partial charge in [-0.25, -0.2) is 0 Å². The Morgan fingerprint density at radius 1 is 1.54 bits per heavy atom. The van der Waals surface area contributed by atoms with Crippen LogP contribution < -0.4 is 5.73 Å². The van der Waals surface area contributed by atoms with Gasteiger partial charge in [-0.1, -0.05) is 31.8 Å². The van der Waals surface area contributed by atoms with Gasteiger partial charge in [-0.2, -0.15) is 0 Å². The van der Waals surface area contributed by atoms with Gasteiger partial charge >= 0.3 is 0 Å². The van der Waals surface area contributed by atoms with Crippen molar-refractivity contribution in [1.29, 1.82) is 0 Å². The van der Waals surface area contributed by atoms with Gasteiger partial charge in [-0.3, -0.25) is 0 Å². The Labute approximate surface area is 81.4 Å². The molecule has 3 unspecified atom stereocenters. The summed E-state index contributed by atoms with van der Waals surface area (Å²) in [4.78, 5) is 0. The van der Waals surface area contributed by atoms with Gasteiger partial charge in [0.2, 0.25) is 0 Å². The molecule has 0 saturated heterocycles. The van der Waals surface area contributed by atoms with Crippen molar-refractivity contribution < 1.29 is 0 Å². The zero-order valence-corrected chi connectivity index (χ0v) is 8.80. The van der Waals surface area contributed by atoms with Gasteiger partial charge in [0.1, 0.15) is 0 Å². The van der Waals surface area contributed by atoms with Gasteiger partial charge in [-0.15, -0.1) is 0 Å². The lowest BCUT2D eigenvalue weighted by Gasteiger charge is -2.16. The molecule has 0 aromatic rings. The Hall–Kier alpha value is -0.740. The molecule has 0 heterocycles. The molecule has 0 aromatic heterocycles. The van der Waals surface area contributed by atoms with E-state index in [1.54, 1.807) is 0 Å². The molecule has 0 aliphatic heterocycles. The van der Waals surface area contributed by atoms with E-state index in [1.165, 1.54) is 12.0 Å². The number of allylic oxidation sites excluding steroid dienone is 1. The first kappa shape index (κ1) is 10.3. The lowest BCUT2D eigenvalue weighted by atomic mass is 9.92. The minimum atomic E-state index is 0.200. The Bertz CT molecular complexity index is 252. The van der Waals surface area contributed by atoms with Gasteiger partial charge in [0.25, 0.3) is 0 Å². The van der Waals surface area contributed by atoms with Crippen LogP contribution in [-0.4, -0.2) is 6.04 Å². The minimum Gasteiger partial charge on any atom is -0.327 e. The van der Waals surface area contributed by atoms with Crippen LogP contribution in [0.4, 0.5) is 0 Å². The summed E-state index contributed by atoms with van der Waals surface area (Å²) in [7, 11) is 0. The maximum absolute atomic E-state index is 5.85. The van der Waals surface area contributed by atoms with E-state index in [1.807, 2.05) is 6.92 Å². The SMILES string of the molecule is CC1C=C(C(C)C(C)N)C#CCC1. The third-order valence-electron chi connectivity index (χ3n) is 2.70. The molecule has 3 atom stereocenters. The quantitative estimate of drug-likeness (QED) is 0.644. The van der Waals surface area contributed by atoms with E-state index < -0.39 is 0 Å². The van der Waals surface area contributed by atoms with E-state index in [4.69, 9.17) is 5.73 Å². The molecule has 0 spiro atoms. The molecule has 2 N–H and O–H groups in total. The van der Waals surface area contributed by atoms with Crippen LogP contribution in [0.15, 0.2) is 11.6 Å². The maximum Gasteiger partial charge on any atom is 0.00978 e. The van der Waals surface area contributed by atoms with Crippen LogP contribution in [0.25, 0.3) is 0 Å². The van der Waals surface area contributed by atoms with E-state index in [0.29, 0.717) is 11.8 Å². The van der Waals surface area contributed by atoms with Crippen LogP contribution in [0.1, 0.15) is 33.6 Å². The third kappa shape index (κ3) is 2.90. The highest BCUT2D eigenvalue weighted by molar-refractivity contribution is 5.33. The van der Waals surface area contributed by atoms with Crippen molar-refractivity contribution in [3.8, 4) is 11.8 Å². The highest BCUT2D eigenvalue weighted by atomic mass is 14.6. The molecule has 13 heavy (non-hydrogen) atoms. The Balaban J connectivity index is 2.79. The van der Waals surface area contributed by atoms with Crippen LogP contribution in [0.5, 0.6) is 0 Å². The Morgan fingerprint density at radius 2 is 2.23 bits per heavy atom. The number of hydrogen-bond acceptors (Lipinski definition) is 1. The average Bonchev–Trinajstić information content (AvgIpc) is 2.28. The summed E-state index contributed by atoms with van der Waals surface area (Å²) in [5.41, 5.74) is 7.09. The standard InChI is InChI=1S/C12H19N/c1-9-6-4-5-7-12(8-9)10(2)11(3)13/h8-11H,4,6,13H2,1-3H3. The van der Waals surface area contributed by atoms with E-state index in [0.717, 1.165) is 6.42 Å². The summed E-state index contributed by atoms with van der Waals surface area (Å²) in [5, 5.41) is 0. The summed E-state index contributed by atoms with van der Waals surface area (Å²) in [6, 6.07) is 0.200. The third-order valence-corrected chi connectivity index (χ3v) is 2.70. The zero-order valence-electron chi connectivity index (χ0n) is 8.80. The highest BCUT2D eigenvalue weighted by Gasteiger charge is 2.13. The first-order valence-corrected chi connectivity index (χ1v) is 5.07.